The summed E-state index contributed by atoms with van der Waals surface area (Å²) in [5, 5.41) is 12.0. The summed E-state index contributed by atoms with van der Waals surface area (Å²) in [5.41, 5.74) is 0.979. The molecule has 2 bridgehead atoms. The molecule has 1 aromatic rings. The van der Waals surface area contributed by atoms with Gasteiger partial charge in [-0.2, -0.15) is 0 Å². The summed E-state index contributed by atoms with van der Waals surface area (Å²) in [6, 6.07) is 1.04. The van der Waals surface area contributed by atoms with Gasteiger partial charge in [0, 0.05) is 19.1 Å². The van der Waals surface area contributed by atoms with Crippen molar-refractivity contribution in [1.82, 2.24) is 30.0 Å². The van der Waals surface area contributed by atoms with Gasteiger partial charge in [0.05, 0.1) is 6.04 Å². The quantitative estimate of drug-likeness (QED) is 0.702. The van der Waals surface area contributed by atoms with Gasteiger partial charge in [0.25, 0.3) is 5.91 Å². The highest BCUT2D eigenvalue weighted by Gasteiger charge is 2.51. The maximum absolute atomic E-state index is 14.2. The van der Waals surface area contributed by atoms with Crippen molar-refractivity contribution in [3.63, 3.8) is 0 Å². The van der Waals surface area contributed by atoms with Crippen LogP contribution in [0.15, 0.2) is 18.0 Å². The van der Waals surface area contributed by atoms with Crippen LogP contribution in [-0.2, 0) is 10.3 Å². The van der Waals surface area contributed by atoms with E-state index in [0.717, 1.165) is 44.7 Å². The number of tetrazole rings is 1. The number of aromatic nitrogens is 4. The van der Waals surface area contributed by atoms with E-state index in [1.807, 2.05) is 0 Å². The lowest BCUT2D eigenvalue weighted by Gasteiger charge is -2.55. The van der Waals surface area contributed by atoms with E-state index in [1.165, 1.54) is 51.6 Å². The van der Waals surface area contributed by atoms with Crippen molar-refractivity contribution in [2.45, 2.75) is 88.3 Å². The average Bonchev–Trinajstić information content (AvgIpc) is 3.34. The van der Waals surface area contributed by atoms with Crippen LogP contribution in [0.1, 0.15) is 70.6 Å². The summed E-state index contributed by atoms with van der Waals surface area (Å²) in [6.07, 6.45) is 17.0. The lowest BCUT2D eigenvalue weighted by molar-refractivity contribution is -0.149. The largest absolute Gasteiger partial charge is 0.334 e. The molecule has 4 heterocycles. The molecule has 3 aliphatic heterocycles. The number of hydrogen-bond donors (Lipinski definition) is 0. The number of rotatable bonds is 2. The molecule has 6 rings (SSSR count). The summed E-state index contributed by atoms with van der Waals surface area (Å²) < 4.78 is 1.79. The Hall–Kier alpha value is -1.76. The third kappa shape index (κ3) is 2.88. The molecule has 7 heteroatoms. The minimum Gasteiger partial charge on any atom is -0.334 e. The van der Waals surface area contributed by atoms with Crippen LogP contribution in [0.3, 0.4) is 0 Å². The van der Waals surface area contributed by atoms with Crippen molar-refractivity contribution in [2.75, 3.05) is 19.6 Å². The smallest absolute Gasteiger partial charge is 0.251 e. The number of likely N-dealkylation sites (tertiary alicyclic amines) is 1. The molecule has 0 unspecified atom stereocenters. The van der Waals surface area contributed by atoms with Crippen molar-refractivity contribution in [1.29, 1.82) is 0 Å². The fourth-order valence-corrected chi connectivity index (χ4v) is 7.50. The topological polar surface area (TPSA) is 67.2 Å². The SMILES string of the molecule is O=C(N1CCCC2=C[C@H]3C[C@@H](CN4CCCC[C@@H]34)[C@@H]21)C1(n2cnnn2)CCCCC1. The minimum absolute atomic E-state index is 0.282. The van der Waals surface area contributed by atoms with E-state index in [2.05, 4.69) is 31.4 Å². The Bertz CT molecular complexity index is 814. The van der Waals surface area contributed by atoms with Gasteiger partial charge >= 0.3 is 0 Å². The van der Waals surface area contributed by atoms with Crippen molar-refractivity contribution in [3.8, 4) is 0 Å². The molecule has 3 saturated heterocycles. The Balaban J connectivity index is 1.34. The Morgan fingerprint density at radius 2 is 1.97 bits per heavy atom. The lowest BCUT2D eigenvalue weighted by Crippen LogP contribution is -2.63. The normalized spacial score (nSPS) is 35.9. The molecular weight excluding hydrogens is 376 g/mol. The zero-order valence-electron chi connectivity index (χ0n) is 18.0. The second-order valence-corrected chi connectivity index (χ2v) is 10.4. The second-order valence-electron chi connectivity index (χ2n) is 10.4. The molecule has 5 aliphatic rings. The van der Waals surface area contributed by atoms with Crippen LogP contribution in [-0.4, -0.2) is 67.6 Å². The summed E-state index contributed by atoms with van der Waals surface area (Å²) in [6.45, 7) is 3.30. The summed E-state index contributed by atoms with van der Waals surface area (Å²) in [4.78, 5) is 19.3. The average molecular weight is 411 g/mol. The molecule has 0 radical (unpaired) electrons. The monoisotopic (exact) mass is 410 g/mol. The van der Waals surface area contributed by atoms with E-state index < -0.39 is 5.54 Å². The molecular formula is C23H34N6O. The number of fused-ring (bicyclic) bond motifs is 6. The van der Waals surface area contributed by atoms with E-state index in [0.29, 0.717) is 17.9 Å². The number of carbonyl (C=O) groups excluding carboxylic acids is 1. The van der Waals surface area contributed by atoms with Crippen molar-refractivity contribution in [3.05, 3.63) is 18.0 Å². The van der Waals surface area contributed by atoms with E-state index >= 15 is 0 Å². The molecule has 0 N–H and O–H groups in total. The zero-order valence-corrected chi connectivity index (χ0v) is 18.0. The number of carbonyl (C=O) groups is 1. The van der Waals surface area contributed by atoms with Crippen molar-refractivity contribution < 1.29 is 4.79 Å². The molecule has 4 fully saturated rings. The van der Waals surface area contributed by atoms with E-state index in [-0.39, 0.29) is 5.91 Å². The first kappa shape index (κ1) is 19.0. The molecule has 4 atom stereocenters. The molecule has 30 heavy (non-hydrogen) atoms. The first-order valence-electron chi connectivity index (χ1n) is 12.3. The minimum atomic E-state index is -0.580. The van der Waals surface area contributed by atoms with Gasteiger partial charge in [0.1, 0.15) is 11.9 Å². The highest BCUT2D eigenvalue weighted by Crippen LogP contribution is 2.46. The predicted octanol–water partition coefficient (Wildman–Crippen LogP) is 2.75. The molecule has 162 valence electrons. The van der Waals surface area contributed by atoms with E-state index in [1.54, 1.807) is 16.6 Å². The fourth-order valence-electron chi connectivity index (χ4n) is 7.50. The van der Waals surface area contributed by atoms with Crippen LogP contribution in [0.5, 0.6) is 0 Å². The number of hydrogen-bond acceptors (Lipinski definition) is 5. The first-order valence-corrected chi connectivity index (χ1v) is 12.3. The zero-order chi connectivity index (χ0) is 20.1. The molecule has 0 spiro atoms. The third-order valence-corrected chi connectivity index (χ3v) is 8.78. The summed E-state index contributed by atoms with van der Waals surface area (Å²) in [7, 11) is 0. The van der Waals surface area contributed by atoms with Crippen LogP contribution in [0.2, 0.25) is 0 Å². The van der Waals surface area contributed by atoms with Crippen molar-refractivity contribution >= 4 is 5.91 Å². The summed E-state index contributed by atoms with van der Waals surface area (Å²) >= 11 is 0. The Morgan fingerprint density at radius 1 is 1.07 bits per heavy atom. The van der Waals surface area contributed by atoms with E-state index in [9.17, 15) is 4.79 Å². The van der Waals surface area contributed by atoms with Gasteiger partial charge in [-0.05, 0) is 73.8 Å². The number of piperidine rings is 3. The maximum Gasteiger partial charge on any atom is 0.251 e. The van der Waals surface area contributed by atoms with Gasteiger partial charge in [-0.3, -0.25) is 9.69 Å². The maximum atomic E-state index is 14.2. The van der Waals surface area contributed by atoms with Gasteiger partial charge in [-0.25, -0.2) is 4.68 Å². The molecule has 1 saturated carbocycles. The van der Waals surface area contributed by atoms with E-state index in [4.69, 9.17) is 0 Å². The number of amides is 1. The summed E-state index contributed by atoms with van der Waals surface area (Å²) in [5.74, 6) is 1.57. The first-order chi connectivity index (χ1) is 14.8. The van der Waals surface area contributed by atoms with Crippen LogP contribution < -0.4 is 0 Å². The van der Waals surface area contributed by atoms with Crippen LogP contribution >= 0.6 is 0 Å². The lowest BCUT2D eigenvalue weighted by atomic mass is 9.67. The standard InChI is InChI=1S/C23H34N6O/c30-22(23(9-3-1-4-10-23)29-16-24-25-26-29)28-12-6-7-17-13-18-14-19(21(17)28)15-27-11-5-2-8-20(18)27/h13,16,18-21H,1-12,14-15H2/t18-,19-,20-,21+/m0/s1. The second kappa shape index (κ2) is 7.43. The Kier molecular flexibility index (Phi) is 4.70. The van der Waals surface area contributed by atoms with Crippen LogP contribution in [0, 0.1) is 11.8 Å². The Morgan fingerprint density at radius 3 is 2.80 bits per heavy atom. The third-order valence-electron chi connectivity index (χ3n) is 8.78. The highest BCUT2D eigenvalue weighted by atomic mass is 16.2. The fraction of sp³-hybridized carbons (Fsp3) is 0.826. The van der Waals surface area contributed by atoms with Gasteiger partial charge in [-0.15, -0.1) is 5.10 Å². The molecule has 0 aromatic carbocycles. The van der Waals surface area contributed by atoms with Gasteiger partial charge in [0.2, 0.25) is 0 Å². The van der Waals surface area contributed by atoms with Gasteiger partial charge in [-0.1, -0.05) is 37.3 Å². The molecule has 1 amide bonds. The molecule has 2 aliphatic carbocycles. The number of nitrogens with zero attached hydrogens (tertiary/aromatic N) is 6. The molecule has 1 aromatic heterocycles. The Labute approximate surface area is 178 Å². The van der Waals surface area contributed by atoms with Crippen LogP contribution in [0.4, 0.5) is 0 Å². The van der Waals surface area contributed by atoms with Gasteiger partial charge in [0.15, 0.2) is 0 Å². The predicted molar refractivity (Wildman–Crippen MR) is 113 cm³/mol. The van der Waals surface area contributed by atoms with Crippen molar-refractivity contribution in [2.24, 2.45) is 11.8 Å². The van der Waals surface area contributed by atoms with Crippen LogP contribution in [0.25, 0.3) is 0 Å². The van der Waals surface area contributed by atoms with Gasteiger partial charge < -0.3 is 4.90 Å². The highest BCUT2D eigenvalue weighted by molar-refractivity contribution is 5.85. The molecule has 7 nitrogen and oxygen atoms in total.